The molecule has 0 aliphatic carbocycles. The average molecular weight is 368 g/mol. The Labute approximate surface area is 143 Å². The molecule has 0 N–H and O–H groups in total. The standard InChI is InChI=1S/C19H23Br.ClH/c1-16(15-18-11-13-19(20)14-12-18)7-5-6-10-17-8-3-2-4-9-17;/h2-4,8-9,11-14,16H,5-7,10,15H2,1H3;1H/t16-;/m0./s1. The van der Waals surface area contributed by atoms with Gasteiger partial charge in [-0.25, -0.2) is 0 Å². The molecule has 0 spiro atoms. The molecule has 0 aromatic heterocycles. The van der Waals surface area contributed by atoms with Crippen LogP contribution in [0.4, 0.5) is 0 Å². The van der Waals surface area contributed by atoms with Crippen molar-refractivity contribution in [2.24, 2.45) is 5.92 Å². The Balaban J connectivity index is 0.00000220. The van der Waals surface area contributed by atoms with Crippen LogP contribution in [0, 0.1) is 5.92 Å². The van der Waals surface area contributed by atoms with Gasteiger partial charge in [-0.15, -0.1) is 12.4 Å². The van der Waals surface area contributed by atoms with E-state index < -0.39 is 0 Å². The number of benzene rings is 2. The van der Waals surface area contributed by atoms with Crippen molar-refractivity contribution in [2.45, 2.75) is 39.0 Å². The molecular weight excluding hydrogens is 344 g/mol. The molecule has 0 amide bonds. The Hall–Kier alpha value is -0.790. The van der Waals surface area contributed by atoms with E-state index in [1.807, 2.05) is 0 Å². The van der Waals surface area contributed by atoms with Crippen LogP contribution in [-0.4, -0.2) is 0 Å². The predicted octanol–water partition coefficient (Wildman–Crippen LogP) is 6.46. The van der Waals surface area contributed by atoms with Gasteiger partial charge in [-0.3, -0.25) is 0 Å². The third kappa shape index (κ3) is 7.15. The van der Waals surface area contributed by atoms with Crippen LogP contribution in [0.5, 0.6) is 0 Å². The second-order valence-corrected chi connectivity index (χ2v) is 6.58. The summed E-state index contributed by atoms with van der Waals surface area (Å²) in [4.78, 5) is 0. The minimum Gasteiger partial charge on any atom is -0.147 e. The molecule has 0 fully saturated rings. The zero-order chi connectivity index (χ0) is 14.2. The van der Waals surface area contributed by atoms with E-state index in [2.05, 4.69) is 77.5 Å². The monoisotopic (exact) mass is 366 g/mol. The van der Waals surface area contributed by atoms with E-state index in [1.54, 1.807) is 0 Å². The zero-order valence-corrected chi connectivity index (χ0v) is 15.0. The fourth-order valence-corrected chi connectivity index (χ4v) is 2.86. The Morgan fingerprint density at radius 1 is 0.857 bits per heavy atom. The van der Waals surface area contributed by atoms with Crippen molar-refractivity contribution in [1.29, 1.82) is 0 Å². The molecule has 2 heteroatoms. The second kappa shape index (κ2) is 10.0. The number of unbranched alkanes of at least 4 members (excludes halogenated alkanes) is 1. The number of rotatable bonds is 7. The first kappa shape index (κ1) is 18.3. The maximum Gasteiger partial charge on any atom is 0.0175 e. The molecule has 0 heterocycles. The molecule has 1 atom stereocenters. The van der Waals surface area contributed by atoms with Crippen molar-refractivity contribution < 1.29 is 0 Å². The van der Waals surface area contributed by atoms with E-state index in [4.69, 9.17) is 0 Å². The lowest BCUT2D eigenvalue weighted by atomic mass is 9.95. The lowest BCUT2D eigenvalue weighted by Gasteiger charge is -2.11. The van der Waals surface area contributed by atoms with Crippen molar-refractivity contribution in [3.8, 4) is 0 Å². The lowest BCUT2D eigenvalue weighted by Crippen LogP contribution is -2.00. The lowest BCUT2D eigenvalue weighted by molar-refractivity contribution is 0.495. The summed E-state index contributed by atoms with van der Waals surface area (Å²) in [5, 5.41) is 0. The fraction of sp³-hybridized carbons (Fsp3) is 0.368. The van der Waals surface area contributed by atoms with Crippen LogP contribution in [0.1, 0.15) is 37.3 Å². The van der Waals surface area contributed by atoms with Gasteiger partial charge in [0.25, 0.3) is 0 Å². The van der Waals surface area contributed by atoms with Crippen LogP contribution < -0.4 is 0 Å². The highest BCUT2D eigenvalue weighted by molar-refractivity contribution is 9.10. The zero-order valence-electron chi connectivity index (χ0n) is 12.6. The quantitative estimate of drug-likeness (QED) is 0.492. The highest BCUT2D eigenvalue weighted by atomic mass is 79.9. The smallest absolute Gasteiger partial charge is 0.0175 e. The Bertz CT molecular complexity index is 493. The van der Waals surface area contributed by atoms with E-state index in [9.17, 15) is 0 Å². The Morgan fingerprint density at radius 3 is 2.19 bits per heavy atom. The molecule has 114 valence electrons. The molecule has 0 bridgehead atoms. The van der Waals surface area contributed by atoms with Crippen molar-refractivity contribution in [1.82, 2.24) is 0 Å². The van der Waals surface area contributed by atoms with Crippen LogP contribution in [0.15, 0.2) is 59.1 Å². The molecule has 2 aromatic carbocycles. The molecule has 2 aromatic rings. The first-order valence-corrected chi connectivity index (χ1v) is 8.31. The van der Waals surface area contributed by atoms with E-state index >= 15 is 0 Å². The van der Waals surface area contributed by atoms with Gasteiger partial charge in [0.1, 0.15) is 0 Å². The van der Waals surface area contributed by atoms with E-state index in [0.29, 0.717) is 0 Å². The summed E-state index contributed by atoms with van der Waals surface area (Å²) in [6.07, 6.45) is 6.36. The van der Waals surface area contributed by atoms with Gasteiger partial charge in [-0.2, -0.15) is 0 Å². The third-order valence-electron chi connectivity index (χ3n) is 3.75. The van der Waals surface area contributed by atoms with Gasteiger partial charge in [0.05, 0.1) is 0 Å². The summed E-state index contributed by atoms with van der Waals surface area (Å²) in [5.74, 6) is 0.770. The largest absolute Gasteiger partial charge is 0.147 e. The number of halogens is 2. The van der Waals surface area contributed by atoms with Gasteiger partial charge in [-0.05, 0) is 48.4 Å². The van der Waals surface area contributed by atoms with Gasteiger partial charge in [0, 0.05) is 4.47 Å². The maximum absolute atomic E-state index is 3.49. The molecule has 0 radical (unpaired) electrons. The third-order valence-corrected chi connectivity index (χ3v) is 4.28. The number of aryl methyl sites for hydroxylation is 1. The van der Waals surface area contributed by atoms with E-state index in [0.717, 1.165) is 10.4 Å². The van der Waals surface area contributed by atoms with Crippen molar-refractivity contribution in [2.75, 3.05) is 0 Å². The minimum absolute atomic E-state index is 0. The van der Waals surface area contributed by atoms with E-state index in [-0.39, 0.29) is 12.4 Å². The summed E-state index contributed by atoms with van der Waals surface area (Å²) in [6.45, 7) is 2.37. The molecule has 21 heavy (non-hydrogen) atoms. The molecule has 0 unspecified atom stereocenters. The van der Waals surface area contributed by atoms with Gasteiger partial charge in [0.2, 0.25) is 0 Å². The Kier molecular flexibility index (Phi) is 8.72. The van der Waals surface area contributed by atoms with Crippen LogP contribution in [0.25, 0.3) is 0 Å². The van der Waals surface area contributed by atoms with Gasteiger partial charge < -0.3 is 0 Å². The first-order chi connectivity index (χ1) is 9.74. The summed E-state index contributed by atoms with van der Waals surface area (Å²) >= 11 is 3.49. The summed E-state index contributed by atoms with van der Waals surface area (Å²) in [5.41, 5.74) is 2.91. The molecule has 0 nitrogen and oxygen atoms in total. The second-order valence-electron chi connectivity index (χ2n) is 5.67. The fourth-order valence-electron chi connectivity index (χ4n) is 2.59. The topological polar surface area (TPSA) is 0 Å². The molecular formula is C19H24BrCl. The average Bonchev–Trinajstić information content (AvgIpc) is 2.47. The predicted molar refractivity (Wildman–Crippen MR) is 98.3 cm³/mol. The van der Waals surface area contributed by atoms with Crippen LogP contribution in [-0.2, 0) is 12.8 Å². The SMILES string of the molecule is C[C@@H](CCCCc1ccccc1)Cc1ccc(Br)cc1.Cl. The van der Waals surface area contributed by atoms with E-state index in [1.165, 1.54) is 43.2 Å². The van der Waals surface area contributed by atoms with Crippen LogP contribution in [0.2, 0.25) is 0 Å². The molecule has 0 saturated heterocycles. The highest BCUT2D eigenvalue weighted by Crippen LogP contribution is 2.18. The minimum atomic E-state index is 0. The molecule has 2 rings (SSSR count). The van der Waals surface area contributed by atoms with Crippen LogP contribution >= 0.6 is 28.3 Å². The highest BCUT2D eigenvalue weighted by Gasteiger charge is 2.04. The maximum atomic E-state index is 3.49. The summed E-state index contributed by atoms with van der Waals surface area (Å²) in [7, 11) is 0. The Morgan fingerprint density at radius 2 is 1.52 bits per heavy atom. The van der Waals surface area contributed by atoms with Gasteiger partial charge >= 0.3 is 0 Å². The van der Waals surface area contributed by atoms with Crippen LogP contribution in [0.3, 0.4) is 0 Å². The van der Waals surface area contributed by atoms with Gasteiger partial charge in [-0.1, -0.05) is 78.2 Å². The normalized spacial score (nSPS) is 11.7. The number of hydrogen-bond acceptors (Lipinski definition) is 0. The summed E-state index contributed by atoms with van der Waals surface area (Å²) < 4.78 is 1.16. The summed E-state index contributed by atoms with van der Waals surface area (Å²) in [6, 6.07) is 19.5. The molecule has 0 saturated carbocycles. The van der Waals surface area contributed by atoms with Gasteiger partial charge in [0.15, 0.2) is 0 Å². The van der Waals surface area contributed by atoms with Crippen molar-refractivity contribution in [3.05, 3.63) is 70.2 Å². The molecule has 0 aliphatic heterocycles. The molecule has 0 aliphatic rings. The first-order valence-electron chi connectivity index (χ1n) is 7.52. The van der Waals surface area contributed by atoms with Crippen molar-refractivity contribution in [3.63, 3.8) is 0 Å². The van der Waals surface area contributed by atoms with Crippen molar-refractivity contribution >= 4 is 28.3 Å². The number of hydrogen-bond donors (Lipinski definition) is 0.